The molecule has 7 heteroatoms. The SMILES string of the molecule is CCCCCC(=O)Nc1ccc(C(=O)COC(=O)c2cc(=O)[nH]c3ccccc23)cc1. The van der Waals surface area contributed by atoms with Gasteiger partial charge < -0.3 is 15.0 Å². The number of hydrogen-bond acceptors (Lipinski definition) is 5. The van der Waals surface area contributed by atoms with E-state index in [0.717, 1.165) is 25.3 Å². The van der Waals surface area contributed by atoms with Crippen LogP contribution < -0.4 is 10.9 Å². The van der Waals surface area contributed by atoms with Crippen LogP contribution in [0.1, 0.15) is 53.3 Å². The summed E-state index contributed by atoms with van der Waals surface area (Å²) >= 11 is 0. The molecule has 3 aromatic rings. The van der Waals surface area contributed by atoms with Crippen LogP contribution in [0.3, 0.4) is 0 Å². The second-order valence-electron chi connectivity index (χ2n) is 7.17. The average Bonchev–Trinajstić information content (AvgIpc) is 2.77. The van der Waals surface area contributed by atoms with Crippen molar-refractivity contribution in [1.29, 1.82) is 0 Å². The summed E-state index contributed by atoms with van der Waals surface area (Å²) in [6, 6.07) is 14.4. The highest BCUT2D eigenvalue weighted by Gasteiger charge is 2.16. The van der Waals surface area contributed by atoms with Gasteiger partial charge in [0.05, 0.1) is 5.56 Å². The third kappa shape index (κ3) is 5.88. The third-order valence-corrected chi connectivity index (χ3v) is 4.80. The molecule has 0 aliphatic heterocycles. The number of aromatic amines is 1. The molecule has 31 heavy (non-hydrogen) atoms. The van der Waals surface area contributed by atoms with Crippen molar-refractivity contribution >= 4 is 34.3 Å². The molecule has 160 valence electrons. The molecule has 2 N–H and O–H groups in total. The van der Waals surface area contributed by atoms with E-state index in [1.165, 1.54) is 0 Å². The van der Waals surface area contributed by atoms with Gasteiger partial charge in [-0.1, -0.05) is 38.0 Å². The van der Waals surface area contributed by atoms with E-state index in [1.54, 1.807) is 48.5 Å². The molecule has 0 saturated heterocycles. The summed E-state index contributed by atoms with van der Waals surface area (Å²) in [5.74, 6) is -1.19. The molecule has 2 aromatic carbocycles. The van der Waals surface area contributed by atoms with Crippen molar-refractivity contribution < 1.29 is 19.1 Å². The van der Waals surface area contributed by atoms with Gasteiger partial charge in [0.2, 0.25) is 11.5 Å². The molecule has 0 radical (unpaired) electrons. The minimum atomic E-state index is -0.744. The normalized spacial score (nSPS) is 10.6. The number of pyridine rings is 1. The molecule has 0 aliphatic rings. The number of carbonyl (C=O) groups is 3. The molecular weight excluding hydrogens is 396 g/mol. The number of unbranched alkanes of at least 4 members (excludes halogenated alkanes) is 2. The zero-order chi connectivity index (χ0) is 22.2. The van der Waals surface area contributed by atoms with E-state index in [2.05, 4.69) is 17.2 Å². The Kier molecular flexibility index (Phi) is 7.32. The third-order valence-electron chi connectivity index (χ3n) is 4.80. The van der Waals surface area contributed by atoms with E-state index in [4.69, 9.17) is 4.74 Å². The number of aromatic nitrogens is 1. The molecule has 1 heterocycles. The first-order valence-corrected chi connectivity index (χ1v) is 10.2. The number of ether oxygens (including phenoxy) is 1. The Bertz CT molecular complexity index is 1150. The van der Waals surface area contributed by atoms with E-state index in [1.807, 2.05) is 0 Å². The first-order chi connectivity index (χ1) is 15.0. The van der Waals surface area contributed by atoms with Crippen LogP contribution in [-0.2, 0) is 9.53 Å². The summed E-state index contributed by atoms with van der Waals surface area (Å²) in [4.78, 5) is 51.2. The van der Waals surface area contributed by atoms with Crippen LogP contribution in [0.4, 0.5) is 5.69 Å². The lowest BCUT2D eigenvalue weighted by atomic mass is 10.1. The number of H-pyrrole nitrogens is 1. The molecule has 3 rings (SSSR count). The Labute approximate surface area is 179 Å². The standard InChI is InChI=1S/C24H24N2O5/c1-2-3-4-9-22(28)25-17-12-10-16(11-13-17)21(27)15-31-24(30)19-14-23(29)26-20-8-6-5-7-18(19)20/h5-8,10-14H,2-4,9,15H2,1H3,(H,25,28)(H,26,29). The monoisotopic (exact) mass is 420 g/mol. The fourth-order valence-corrected chi connectivity index (χ4v) is 3.16. The molecule has 0 unspecified atom stereocenters. The highest BCUT2D eigenvalue weighted by molar-refractivity contribution is 6.05. The quantitative estimate of drug-likeness (QED) is 0.308. The number of carbonyl (C=O) groups excluding carboxylic acids is 3. The fourth-order valence-electron chi connectivity index (χ4n) is 3.16. The van der Waals surface area contributed by atoms with Crippen LogP contribution >= 0.6 is 0 Å². The van der Waals surface area contributed by atoms with Crippen molar-refractivity contribution in [2.24, 2.45) is 0 Å². The Hall–Kier alpha value is -3.74. The molecule has 0 saturated carbocycles. The smallest absolute Gasteiger partial charge is 0.339 e. The van der Waals surface area contributed by atoms with Crippen LogP contribution in [0.15, 0.2) is 59.4 Å². The number of para-hydroxylation sites is 1. The number of anilines is 1. The highest BCUT2D eigenvalue weighted by atomic mass is 16.5. The van der Waals surface area contributed by atoms with Crippen molar-refractivity contribution in [1.82, 2.24) is 4.98 Å². The van der Waals surface area contributed by atoms with E-state index >= 15 is 0 Å². The maximum Gasteiger partial charge on any atom is 0.339 e. The Morgan fingerprint density at radius 2 is 1.74 bits per heavy atom. The fraction of sp³-hybridized carbons (Fsp3) is 0.250. The molecular formula is C24H24N2O5. The van der Waals surface area contributed by atoms with Crippen LogP contribution in [0.2, 0.25) is 0 Å². The topological polar surface area (TPSA) is 105 Å². The zero-order valence-corrected chi connectivity index (χ0v) is 17.3. The highest BCUT2D eigenvalue weighted by Crippen LogP contribution is 2.16. The number of fused-ring (bicyclic) bond motifs is 1. The van der Waals surface area contributed by atoms with Crippen LogP contribution in [0.5, 0.6) is 0 Å². The summed E-state index contributed by atoms with van der Waals surface area (Å²) in [7, 11) is 0. The lowest BCUT2D eigenvalue weighted by Crippen LogP contribution is -2.17. The van der Waals surface area contributed by atoms with Gasteiger partial charge in [0.15, 0.2) is 12.4 Å². The number of benzene rings is 2. The van der Waals surface area contributed by atoms with Crippen LogP contribution in [0, 0.1) is 0 Å². The first kappa shape index (κ1) is 22.0. The summed E-state index contributed by atoms with van der Waals surface area (Å²) in [6.45, 7) is 1.62. The first-order valence-electron chi connectivity index (χ1n) is 10.2. The zero-order valence-electron chi connectivity index (χ0n) is 17.3. The van der Waals surface area contributed by atoms with Crippen molar-refractivity contribution in [2.75, 3.05) is 11.9 Å². The second-order valence-corrected chi connectivity index (χ2v) is 7.17. The van der Waals surface area contributed by atoms with E-state index in [0.29, 0.717) is 28.6 Å². The largest absolute Gasteiger partial charge is 0.454 e. The van der Waals surface area contributed by atoms with Crippen molar-refractivity contribution in [3.05, 3.63) is 76.1 Å². The van der Waals surface area contributed by atoms with Gasteiger partial charge in [0, 0.05) is 34.6 Å². The van der Waals surface area contributed by atoms with Crippen molar-refractivity contribution in [3.63, 3.8) is 0 Å². The molecule has 0 spiro atoms. The summed E-state index contributed by atoms with van der Waals surface area (Å²) in [5.41, 5.74) is 1.15. The van der Waals surface area contributed by atoms with Gasteiger partial charge in [-0.3, -0.25) is 14.4 Å². The van der Waals surface area contributed by atoms with Gasteiger partial charge in [-0.25, -0.2) is 4.79 Å². The number of hydrogen-bond donors (Lipinski definition) is 2. The Balaban J connectivity index is 1.59. The summed E-state index contributed by atoms with van der Waals surface area (Å²) in [5, 5.41) is 3.33. The predicted molar refractivity (Wildman–Crippen MR) is 118 cm³/mol. The minimum Gasteiger partial charge on any atom is -0.454 e. The number of rotatable bonds is 9. The Morgan fingerprint density at radius 1 is 1.00 bits per heavy atom. The van der Waals surface area contributed by atoms with Gasteiger partial charge >= 0.3 is 5.97 Å². The van der Waals surface area contributed by atoms with Crippen LogP contribution in [-0.4, -0.2) is 29.3 Å². The summed E-state index contributed by atoms with van der Waals surface area (Å²) in [6.07, 6.45) is 3.35. The number of amides is 1. The van der Waals surface area contributed by atoms with Crippen molar-refractivity contribution in [3.8, 4) is 0 Å². The molecule has 0 aliphatic carbocycles. The molecule has 1 amide bonds. The average molecular weight is 420 g/mol. The predicted octanol–water partition coefficient (Wildman–Crippen LogP) is 4.09. The number of ketones is 1. The van der Waals surface area contributed by atoms with Gasteiger partial charge in [-0.2, -0.15) is 0 Å². The molecule has 0 atom stereocenters. The van der Waals surface area contributed by atoms with Gasteiger partial charge in [0.25, 0.3) is 0 Å². The van der Waals surface area contributed by atoms with Gasteiger partial charge in [-0.15, -0.1) is 0 Å². The second kappa shape index (κ2) is 10.3. The molecule has 7 nitrogen and oxygen atoms in total. The molecule has 1 aromatic heterocycles. The maximum atomic E-state index is 12.5. The Morgan fingerprint density at radius 3 is 2.48 bits per heavy atom. The van der Waals surface area contributed by atoms with E-state index in [-0.39, 0.29) is 17.3 Å². The summed E-state index contributed by atoms with van der Waals surface area (Å²) < 4.78 is 5.15. The van der Waals surface area contributed by atoms with Gasteiger partial charge in [0.1, 0.15) is 0 Å². The van der Waals surface area contributed by atoms with E-state index in [9.17, 15) is 19.2 Å². The molecule has 0 fully saturated rings. The lowest BCUT2D eigenvalue weighted by molar-refractivity contribution is -0.116. The minimum absolute atomic E-state index is 0.0634. The number of Topliss-reactive ketones (excluding diaryl/α,β-unsaturated/α-hetero) is 1. The number of esters is 1. The van der Waals surface area contributed by atoms with E-state index < -0.39 is 18.1 Å². The van der Waals surface area contributed by atoms with Gasteiger partial charge in [-0.05, 0) is 36.8 Å². The van der Waals surface area contributed by atoms with Crippen molar-refractivity contribution in [2.45, 2.75) is 32.6 Å². The molecule has 0 bridgehead atoms. The lowest BCUT2D eigenvalue weighted by Gasteiger charge is -2.08. The number of nitrogens with one attached hydrogen (secondary N) is 2. The maximum absolute atomic E-state index is 12.5. The van der Waals surface area contributed by atoms with Crippen LogP contribution in [0.25, 0.3) is 10.9 Å².